The highest BCUT2D eigenvalue weighted by molar-refractivity contribution is 5.86. The van der Waals surface area contributed by atoms with Crippen LogP contribution >= 0.6 is 0 Å². The van der Waals surface area contributed by atoms with Crippen LogP contribution in [0.1, 0.15) is 0 Å². The molecule has 0 aromatic heterocycles. The van der Waals surface area contributed by atoms with Crippen molar-refractivity contribution in [3.8, 4) is 0 Å². The van der Waals surface area contributed by atoms with Crippen LogP contribution in [0.5, 0.6) is 0 Å². The van der Waals surface area contributed by atoms with Crippen molar-refractivity contribution in [2.75, 3.05) is 26.7 Å². The Balaban J connectivity index is 3.66. The topological polar surface area (TPSA) is 60.8 Å². The Morgan fingerprint density at radius 1 is 1.64 bits per heavy atom. The Morgan fingerprint density at radius 2 is 2.18 bits per heavy atom. The first-order valence-corrected chi connectivity index (χ1v) is 3.28. The van der Waals surface area contributed by atoms with Gasteiger partial charge in [-0.3, -0.25) is 4.90 Å². The summed E-state index contributed by atoms with van der Waals surface area (Å²) in [4.78, 5) is 11.9. The van der Waals surface area contributed by atoms with Crippen LogP contribution in [0.3, 0.4) is 0 Å². The number of hydrogen-bond acceptors (Lipinski definition) is 3. The van der Waals surface area contributed by atoms with Gasteiger partial charge in [-0.25, -0.2) is 4.79 Å². The van der Waals surface area contributed by atoms with E-state index in [0.29, 0.717) is 6.54 Å². The molecule has 0 rings (SSSR count). The van der Waals surface area contributed by atoms with Crippen molar-refractivity contribution in [2.45, 2.75) is 0 Å². The lowest BCUT2D eigenvalue weighted by Crippen LogP contribution is -2.26. The van der Waals surface area contributed by atoms with E-state index < -0.39 is 5.97 Å². The third-order valence-electron chi connectivity index (χ3n) is 1.24. The van der Waals surface area contributed by atoms with Gasteiger partial charge in [0, 0.05) is 18.7 Å². The van der Waals surface area contributed by atoms with Crippen LogP contribution in [0, 0.1) is 0 Å². The third kappa shape index (κ3) is 4.52. The maximum atomic E-state index is 10.3. The van der Waals surface area contributed by atoms with Crippen LogP contribution in [-0.4, -0.2) is 47.8 Å². The van der Waals surface area contributed by atoms with Crippen LogP contribution < -0.4 is 0 Å². The molecule has 0 aromatic carbocycles. The molecule has 11 heavy (non-hydrogen) atoms. The van der Waals surface area contributed by atoms with Gasteiger partial charge in [-0.15, -0.1) is 0 Å². The number of aliphatic carboxylic acids is 1. The normalized spacial score (nSPS) is 10.1. The molecule has 0 spiro atoms. The van der Waals surface area contributed by atoms with Crippen LogP contribution in [0.15, 0.2) is 12.2 Å². The van der Waals surface area contributed by atoms with Crippen molar-refractivity contribution in [1.29, 1.82) is 0 Å². The summed E-state index contributed by atoms with van der Waals surface area (Å²) in [7, 11) is 1.73. The SMILES string of the molecule is C=C(CN(C)CCO)C(=O)O. The summed E-state index contributed by atoms with van der Waals surface area (Å²) in [6.45, 7) is 4.14. The highest BCUT2D eigenvalue weighted by Crippen LogP contribution is 1.93. The van der Waals surface area contributed by atoms with Crippen molar-refractivity contribution >= 4 is 5.97 Å². The van der Waals surface area contributed by atoms with Crippen molar-refractivity contribution in [2.24, 2.45) is 0 Å². The molecule has 0 saturated carbocycles. The van der Waals surface area contributed by atoms with Gasteiger partial charge in [-0.05, 0) is 7.05 Å². The Morgan fingerprint density at radius 3 is 2.55 bits per heavy atom. The first-order valence-electron chi connectivity index (χ1n) is 3.28. The first-order chi connectivity index (χ1) is 5.07. The van der Waals surface area contributed by atoms with E-state index in [4.69, 9.17) is 10.2 Å². The molecule has 0 radical (unpaired) electrons. The summed E-state index contributed by atoms with van der Waals surface area (Å²) in [6, 6.07) is 0. The Hall–Kier alpha value is -0.870. The third-order valence-corrected chi connectivity index (χ3v) is 1.24. The molecule has 0 amide bonds. The van der Waals surface area contributed by atoms with E-state index >= 15 is 0 Å². The molecule has 0 unspecified atom stereocenters. The van der Waals surface area contributed by atoms with Crippen LogP contribution in [0.25, 0.3) is 0 Å². The molecule has 0 aliphatic rings. The number of hydrogen-bond donors (Lipinski definition) is 2. The van der Waals surface area contributed by atoms with E-state index in [9.17, 15) is 4.79 Å². The number of aliphatic hydroxyl groups excluding tert-OH is 1. The predicted octanol–water partition coefficient (Wildman–Crippen LogP) is -0.449. The number of carboxylic acids is 1. The number of carbonyl (C=O) groups is 1. The van der Waals surface area contributed by atoms with Crippen LogP contribution in [0.4, 0.5) is 0 Å². The molecule has 0 aliphatic heterocycles. The highest BCUT2D eigenvalue weighted by atomic mass is 16.4. The lowest BCUT2D eigenvalue weighted by Gasteiger charge is -2.13. The van der Waals surface area contributed by atoms with E-state index in [1.54, 1.807) is 11.9 Å². The zero-order valence-electron chi connectivity index (χ0n) is 6.58. The van der Waals surface area contributed by atoms with Crippen molar-refractivity contribution in [3.63, 3.8) is 0 Å². The molecule has 2 N–H and O–H groups in total. The molecule has 0 heterocycles. The Labute approximate surface area is 65.7 Å². The number of nitrogens with zero attached hydrogens (tertiary/aromatic N) is 1. The van der Waals surface area contributed by atoms with Gasteiger partial charge in [0.2, 0.25) is 0 Å². The summed E-state index contributed by atoms with van der Waals surface area (Å²) in [5.41, 5.74) is 0.140. The molecular formula is C7H13NO3. The minimum Gasteiger partial charge on any atom is -0.478 e. The molecule has 0 atom stereocenters. The van der Waals surface area contributed by atoms with Gasteiger partial charge in [0.1, 0.15) is 0 Å². The van der Waals surface area contributed by atoms with Crippen LogP contribution in [0.2, 0.25) is 0 Å². The fraction of sp³-hybridized carbons (Fsp3) is 0.571. The lowest BCUT2D eigenvalue weighted by molar-refractivity contribution is -0.132. The molecular weight excluding hydrogens is 146 g/mol. The monoisotopic (exact) mass is 159 g/mol. The lowest BCUT2D eigenvalue weighted by atomic mass is 10.3. The average molecular weight is 159 g/mol. The quantitative estimate of drug-likeness (QED) is 0.533. The van der Waals surface area contributed by atoms with Gasteiger partial charge in [0.05, 0.1) is 6.61 Å². The maximum absolute atomic E-state index is 10.3. The van der Waals surface area contributed by atoms with Gasteiger partial charge in [-0.2, -0.15) is 0 Å². The summed E-state index contributed by atoms with van der Waals surface area (Å²) < 4.78 is 0. The van der Waals surface area contributed by atoms with Gasteiger partial charge < -0.3 is 10.2 Å². The van der Waals surface area contributed by atoms with Gasteiger partial charge in [0.15, 0.2) is 0 Å². The summed E-state index contributed by atoms with van der Waals surface area (Å²) >= 11 is 0. The average Bonchev–Trinajstić information content (AvgIpc) is 1.87. The smallest absolute Gasteiger partial charge is 0.332 e. The predicted molar refractivity (Wildman–Crippen MR) is 41.4 cm³/mol. The molecule has 4 nitrogen and oxygen atoms in total. The van der Waals surface area contributed by atoms with Gasteiger partial charge >= 0.3 is 5.97 Å². The molecule has 0 aliphatic carbocycles. The van der Waals surface area contributed by atoms with Crippen molar-refractivity contribution in [3.05, 3.63) is 12.2 Å². The van der Waals surface area contributed by atoms with E-state index in [2.05, 4.69) is 6.58 Å². The second kappa shape index (κ2) is 4.87. The fourth-order valence-corrected chi connectivity index (χ4v) is 0.643. The summed E-state index contributed by atoms with van der Waals surface area (Å²) in [6.07, 6.45) is 0. The van der Waals surface area contributed by atoms with E-state index in [-0.39, 0.29) is 18.7 Å². The van der Waals surface area contributed by atoms with Crippen LogP contribution in [-0.2, 0) is 4.79 Å². The second-order valence-corrected chi connectivity index (χ2v) is 2.37. The molecule has 0 fully saturated rings. The maximum Gasteiger partial charge on any atom is 0.332 e. The minimum absolute atomic E-state index is 0.0311. The molecule has 0 bridgehead atoms. The number of carboxylic acid groups (broad SMARTS) is 1. The molecule has 64 valence electrons. The zero-order valence-corrected chi connectivity index (χ0v) is 6.58. The Kier molecular flexibility index (Phi) is 4.49. The van der Waals surface area contributed by atoms with Crippen molar-refractivity contribution in [1.82, 2.24) is 4.90 Å². The summed E-state index contributed by atoms with van der Waals surface area (Å²) in [5.74, 6) is -0.991. The minimum atomic E-state index is -0.991. The van der Waals surface area contributed by atoms with Gasteiger partial charge in [0.25, 0.3) is 0 Å². The fourth-order valence-electron chi connectivity index (χ4n) is 0.643. The van der Waals surface area contributed by atoms with E-state index in [0.717, 1.165) is 0 Å². The van der Waals surface area contributed by atoms with E-state index in [1.165, 1.54) is 0 Å². The van der Waals surface area contributed by atoms with Gasteiger partial charge in [-0.1, -0.05) is 6.58 Å². The second-order valence-electron chi connectivity index (χ2n) is 2.37. The zero-order chi connectivity index (χ0) is 8.85. The molecule has 4 heteroatoms. The largest absolute Gasteiger partial charge is 0.478 e. The van der Waals surface area contributed by atoms with Crippen molar-refractivity contribution < 1.29 is 15.0 Å². The molecule has 0 saturated heterocycles. The number of aliphatic hydroxyl groups is 1. The van der Waals surface area contributed by atoms with E-state index in [1.807, 2.05) is 0 Å². The first kappa shape index (κ1) is 10.1. The standard InChI is InChI=1S/C7H13NO3/c1-6(7(10)11)5-8(2)3-4-9/h9H,1,3-5H2,2H3,(H,10,11). The molecule has 0 aromatic rings. The Bertz CT molecular complexity index is 156. The highest BCUT2D eigenvalue weighted by Gasteiger charge is 2.06. The summed E-state index contributed by atoms with van der Waals surface area (Å²) in [5, 5.41) is 16.9. The number of rotatable bonds is 5. The number of likely N-dealkylation sites (N-methyl/N-ethyl adjacent to an activating group) is 1.